The van der Waals surface area contributed by atoms with E-state index in [-0.39, 0.29) is 36.5 Å². The summed E-state index contributed by atoms with van der Waals surface area (Å²) in [6, 6.07) is 5.63. The van der Waals surface area contributed by atoms with Crippen molar-refractivity contribution in [1.29, 1.82) is 0 Å². The Hall–Kier alpha value is -1.47. The van der Waals surface area contributed by atoms with Crippen LogP contribution < -0.4 is 15.8 Å². The molecular weight excluding hydrogens is 333 g/mol. The number of amides is 1. The van der Waals surface area contributed by atoms with E-state index in [1.165, 1.54) is 6.07 Å². The Labute approximate surface area is 140 Å². The first kappa shape index (κ1) is 21.5. The second-order valence-electron chi connectivity index (χ2n) is 5.47. The van der Waals surface area contributed by atoms with Crippen LogP contribution in [0, 0.1) is 5.92 Å². The minimum atomic E-state index is -4.41. The minimum Gasteiger partial charge on any atom is -0.484 e. The Kier molecular flexibility index (Phi) is 9.01. The maximum atomic E-state index is 12.2. The maximum absolute atomic E-state index is 12.2. The number of halogens is 4. The molecule has 1 aromatic carbocycles. The van der Waals surface area contributed by atoms with Crippen LogP contribution in [0.3, 0.4) is 0 Å². The fourth-order valence-corrected chi connectivity index (χ4v) is 1.88. The van der Waals surface area contributed by atoms with E-state index in [1.807, 2.05) is 13.8 Å². The van der Waals surface area contributed by atoms with Crippen LogP contribution >= 0.6 is 12.4 Å². The van der Waals surface area contributed by atoms with Gasteiger partial charge in [0.25, 0.3) is 0 Å². The monoisotopic (exact) mass is 354 g/mol. The van der Waals surface area contributed by atoms with Crippen molar-refractivity contribution in [3.63, 3.8) is 0 Å². The predicted octanol–water partition coefficient (Wildman–Crippen LogP) is 3.04. The van der Waals surface area contributed by atoms with Gasteiger partial charge in [-0.1, -0.05) is 32.0 Å². The fraction of sp³-hybridized carbons (Fsp3) is 0.533. The highest BCUT2D eigenvalue weighted by Gasteiger charge is 2.28. The molecule has 23 heavy (non-hydrogen) atoms. The van der Waals surface area contributed by atoms with Gasteiger partial charge in [-0.05, 0) is 18.4 Å². The van der Waals surface area contributed by atoms with E-state index in [0.717, 1.165) is 0 Å². The molecule has 132 valence electrons. The van der Waals surface area contributed by atoms with E-state index in [1.54, 1.807) is 18.2 Å². The maximum Gasteiger partial charge on any atom is 0.422 e. The molecule has 0 aliphatic heterocycles. The van der Waals surface area contributed by atoms with Crippen molar-refractivity contribution in [2.75, 3.05) is 6.61 Å². The van der Waals surface area contributed by atoms with Gasteiger partial charge in [-0.25, -0.2) is 0 Å². The van der Waals surface area contributed by atoms with Gasteiger partial charge >= 0.3 is 6.18 Å². The first-order valence-corrected chi connectivity index (χ1v) is 7.00. The standard InChI is InChI=1S/C15H21F3N2O2.ClH/c1-10(2)7-12(19)14(21)20-8-11-5-3-4-6-13(11)22-9-15(16,17)18;/h3-6,10,12H,7-9,19H2,1-2H3,(H,20,21);1H/t12-;/m0./s1. The van der Waals surface area contributed by atoms with Crippen molar-refractivity contribution in [3.05, 3.63) is 29.8 Å². The van der Waals surface area contributed by atoms with Crippen LogP contribution in [-0.4, -0.2) is 24.7 Å². The average molecular weight is 355 g/mol. The second kappa shape index (κ2) is 9.62. The molecule has 0 bridgehead atoms. The van der Waals surface area contributed by atoms with Crippen LogP contribution in [0.2, 0.25) is 0 Å². The van der Waals surface area contributed by atoms with E-state index in [2.05, 4.69) is 5.32 Å². The van der Waals surface area contributed by atoms with E-state index in [4.69, 9.17) is 10.5 Å². The van der Waals surface area contributed by atoms with Gasteiger partial charge in [-0.15, -0.1) is 12.4 Å². The molecule has 0 aliphatic carbocycles. The number of nitrogens with one attached hydrogen (secondary N) is 1. The molecule has 1 atom stereocenters. The average Bonchev–Trinajstić information content (AvgIpc) is 2.41. The van der Waals surface area contributed by atoms with Gasteiger partial charge in [0.2, 0.25) is 5.91 Å². The van der Waals surface area contributed by atoms with Crippen molar-refractivity contribution in [1.82, 2.24) is 5.32 Å². The molecule has 4 nitrogen and oxygen atoms in total. The van der Waals surface area contributed by atoms with Gasteiger partial charge in [0.15, 0.2) is 6.61 Å². The quantitative estimate of drug-likeness (QED) is 0.791. The van der Waals surface area contributed by atoms with Crippen molar-refractivity contribution in [2.24, 2.45) is 11.7 Å². The van der Waals surface area contributed by atoms with Gasteiger partial charge in [0, 0.05) is 12.1 Å². The molecule has 0 heterocycles. The number of hydrogen-bond donors (Lipinski definition) is 2. The zero-order valence-corrected chi connectivity index (χ0v) is 13.8. The Morgan fingerprint density at radius 3 is 2.48 bits per heavy atom. The number of carbonyl (C=O) groups is 1. The number of ether oxygens (including phenoxy) is 1. The van der Waals surface area contributed by atoms with Crippen molar-refractivity contribution in [2.45, 2.75) is 39.0 Å². The summed E-state index contributed by atoms with van der Waals surface area (Å²) in [6.07, 6.45) is -3.87. The summed E-state index contributed by atoms with van der Waals surface area (Å²) in [6.45, 7) is 2.60. The summed E-state index contributed by atoms with van der Waals surface area (Å²) in [5.74, 6) is 0.0417. The van der Waals surface area contributed by atoms with Crippen LogP contribution in [0.25, 0.3) is 0 Å². The Morgan fingerprint density at radius 1 is 1.30 bits per heavy atom. The van der Waals surface area contributed by atoms with Gasteiger partial charge < -0.3 is 15.8 Å². The third-order valence-corrected chi connectivity index (χ3v) is 2.88. The summed E-state index contributed by atoms with van der Waals surface area (Å²) >= 11 is 0. The number of benzene rings is 1. The van der Waals surface area contributed by atoms with Gasteiger partial charge in [0.1, 0.15) is 5.75 Å². The smallest absolute Gasteiger partial charge is 0.422 e. The molecule has 0 unspecified atom stereocenters. The van der Waals surface area contributed by atoms with Crippen molar-refractivity contribution in [3.8, 4) is 5.75 Å². The summed E-state index contributed by atoms with van der Waals surface area (Å²) in [4.78, 5) is 11.8. The van der Waals surface area contributed by atoms with Gasteiger partial charge in [-0.2, -0.15) is 13.2 Å². The molecule has 0 saturated heterocycles. The Morgan fingerprint density at radius 2 is 1.91 bits per heavy atom. The van der Waals surface area contributed by atoms with E-state index in [9.17, 15) is 18.0 Å². The molecule has 0 saturated carbocycles. The van der Waals surface area contributed by atoms with Crippen LogP contribution in [0.5, 0.6) is 5.75 Å². The number of nitrogens with two attached hydrogens (primary N) is 1. The van der Waals surface area contributed by atoms with Crippen LogP contribution in [0.4, 0.5) is 13.2 Å². The fourth-order valence-electron chi connectivity index (χ4n) is 1.88. The van der Waals surface area contributed by atoms with Gasteiger partial charge in [-0.3, -0.25) is 4.79 Å². The summed E-state index contributed by atoms with van der Waals surface area (Å²) < 4.78 is 41.4. The summed E-state index contributed by atoms with van der Waals surface area (Å²) in [5.41, 5.74) is 6.21. The molecule has 1 amide bonds. The topological polar surface area (TPSA) is 64.4 Å². The van der Waals surface area contributed by atoms with Gasteiger partial charge in [0.05, 0.1) is 6.04 Å². The lowest BCUT2D eigenvalue weighted by atomic mass is 10.0. The third-order valence-electron chi connectivity index (χ3n) is 2.88. The molecular formula is C15H22ClF3N2O2. The molecule has 0 radical (unpaired) electrons. The van der Waals surface area contributed by atoms with E-state index < -0.39 is 18.8 Å². The molecule has 1 rings (SSSR count). The molecule has 0 spiro atoms. The number of para-hydroxylation sites is 1. The highest BCUT2D eigenvalue weighted by Crippen LogP contribution is 2.22. The van der Waals surface area contributed by atoms with Crippen LogP contribution in [0.15, 0.2) is 24.3 Å². The van der Waals surface area contributed by atoms with Crippen LogP contribution in [-0.2, 0) is 11.3 Å². The zero-order valence-electron chi connectivity index (χ0n) is 13.0. The van der Waals surface area contributed by atoms with E-state index in [0.29, 0.717) is 12.0 Å². The molecule has 0 aliphatic rings. The highest BCUT2D eigenvalue weighted by atomic mass is 35.5. The normalized spacial score (nSPS) is 12.5. The number of carbonyl (C=O) groups excluding carboxylic acids is 1. The first-order chi connectivity index (χ1) is 10.2. The molecule has 1 aromatic rings. The lowest BCUT2D eigenvalue weighted by Gasteiger charge is -2.16. The predicted molar refractivity (Wildman–Crippen MR) is 84.5 cm³/mol. The molecule has 0 aromatic heterocycles. The number of alkyl halides is 3. The number of rotatable bonds is 7. The first-order valence-electron chi connectivity index (χ1n) is 7.00. The van der Waals surface area contributed by atoms with Crippen molar-refractivity contribution < 1.29 is 22.7 Å². The lowest BCUT2D eigenvalue weighted by molar-refractivity contribution is -0.153. The van der Waals surface area contributed by atoms with E-state index >= 15 is 0 Å². The summed E-state index contributed by atoms with van der Waals surface area (Å²) in [7, 11) is 0. The van der Waals surface area contributed by atoms with Crippen LogP contribution in [0.1, 0.15) is 25.8 Å². The summed E-state index contributed by atoms with van der Waals surface area (Å²) in [5, 5.41) is 2.62. The number of hydrogen-bond acceptors (Lipinski definition) is 3. The lowest BCUT2D eigenvalue weighted by Crippen LogP contribution is -2.41. The minimum absolute atomic E-state index is 0. The third kappa shape index (κ3) is 8.66. The Bertz CT molecular complexity index is 496. The molecule has 3 N–H and O–H groups in total. The van der Waals surface area contributed by atoms with Crippen molar-refractivity contribution >= 4 is 18.3 Å². The highest BCUT2D eigenvalue weighted by molar-refractivity contribution is 5.85. The molecule has 0 fully saturated rings. The zero-order chi connectivity index (χ0) is 16.8. The second-order valence-corrected chi connectivity index (χ2v) is 5.47. The Balaban J connectivity index is 0.00000484. The largest absolute Gasteiger partial charge is 0.484 e. The SMILES string of the molecule is CC(C)C[C@H](N)C(=O)NCc1ccccc1OCC(F)(F)F.Cl. The molecule has 8 heteroatoms.